The van der Waals surface area contributed by atoms with E-state index in [2.05, 4.69) is 15.6 Å². The van der Waals surface area contributed by atoms with Crippen LogP contribution in [0.2, 0.25) is 0 Å². The van der Waals surface area contributed by atoms with E-state index in [1.807, 2.05) is 12.1 Å². The third-order valence-corrected chi connectivity index (χ3v) is 3.64. The Kier molecular flexibility index (Phi) is 5.95. The van der Waals surface area contributed by atoms with Crippen molar-refractivity contribution in [2.75, 3.05) is 33.4 Å². The first-order valence-electron chi connectivity index (χ1n) is 7.25. The predicted molar refractivity (Wildman–Crippen MR) is 77.9 cm³/mol. The van der Waals surface area contributed by atoms with E-state index in [9.17, 15) is 4.79 Å². The van der Waals surface area contributed by atoms with Gasteiger partial charge in [-0.25, -0.2) is 0 Å². The molecule has 0 radical (unpaired) electrons. The van der Waals surface area contributed by atoms with Crippen molar-refractivity contribution in [3.05, 3.63) is 29.6 Å². The smallest absolute Gasteiger partial charge is 0.269 e. The third-order valence-electron chi connectivity index (χ3n) is 3.64. The molecule has 0 bridgehead atoms. The van der Waals surface area contributed by atoms with E-state index in [0.29, 0.717) is 24.8 Å². The minimum atomic E-state index is -0.100. The molecule has 5 heteroatoms. The molecule has 1 saturated heterocycles. The molecule has 1 aliphatic heterocycles. The van der Waals surface area contributed by atoms with Crippen molar-refractivity contribution in [2.45, 2.75) is 25.2 Å². The average Bonchev–Trinajstić information content (AvgIpc) is 2.52. The third kappa shape index (κ3) is 4.28. The maximum absolute atomic E-state index is 12.0. The summed E-state index contributed by atoms with van der Waals surface area (Å²) in [5.41, 5.74) is 1.74. The Bertz CT molecular complexity index is 431. The zero-order chi connectivity index (χ0) is 14.2. The molecule has 5 nitrogen and oxygen atoms in total. The van der Waals surface area contributed by atoms with Crippen LogP contribution in [-0.2, 0) is 4.74 Å². The normalized spacial score (nSPS) is 16.1. The molecule has 0 aromatic carbocycles. The summed E-state index contributed by atoms with van der Waals surface area (Å²) in [7, 11) is 1.66. The van der Waals surface area contributed by atoms with Gasteiger partial charge in [0.25, 0.3) is 5.91 Å². The van der Waals surface area contributed by atoms with Gasteiger partial charge in [-0.15, -0.1) is 0 Å². The molecule has 0 unspecified atom stereocenters. The molecule has 1 aromatic rings. The molecular formula is C15H23N3O2. The number of hydrogen-bond donors (Lipinski definition) is 2. The van der Waals surface area contributed by atoms with Gasteiger partial charge >= 0.3 is 0 Å². The quantitative estimate of drug-likeness (QED) is 0.770. The SMILES string of the molecule is COCCCNC(=O)c1cc(C2CCNCC2)ccn1. The van der Waals surface area contributed by atoms with Crippen molar-refractivity contribution >= 4 is 5.91 Å². The first kappa shape index (κ1) is 14.9. The van der Waals surface area contributed by atoms with Crippen LogP contribution in [0.3, 0.4) is 0 Å². The lowest BCUT2D eigenvalue weighted by molar-refractivity contribution is 0.0943. The van der Waals surface area contributed by atoms with E-state index < -0.39 is 0 Å². The number of piperidine rings is 1. The Morgan fingerprint density at radius 3 is 3.05 bits per heavy atom. The van der Waals surface area contributed by atoms with Gasteiger partial charge in [-0.2, -0.15) is 0 Å². The van der Waals surface area contributed by atoms with Crippen LogP contribution in [0.5, 0.6) is 0 Å². The summed E-state index contributed by atoms with van der Waals surface area (Å²) in [5.74, 6) is 0.441. The highest BCUT2D eigenvalue weighted by atomic mass is 16.5. The zero-order valence-electron chi connectivity index (χ0n) is 12.0. The predicted octanol–water partition coefficient (Wildman–Crippen LogP) is 1.31. The Labute approximate surface area is 120 Å². The van der Waals surface area contributed by atoms with Gasteiger partial charge < -0.3 is 15.4 Å². The maximum atomic E-state index is 12.0. The average molecular weight is 277 g/mol. The Morgan fingerprint density at radius 2 is 2.30 bits per heavy atom. The molecular weight excluding hydrogens is 254 g/mol. The number of nitrogens with zero attached hydrogens (tertiary/aromatic N) is 1. The lowest BCUT2D eigenvalue weighted by Gasteiger charge is -2.23. The molecule has 0 atom stereocenters. The number of aromatic nitrogens is 1. The molecule has 0 aliphatic carbocycles. The van der Waals surface area contributed by atoms with Crippen LogP contribution in [0.4, 0.5) is 0 Å². The van der Waals surface area contributed by atoms with E-state index in [4.69, 9.17) is 4.74 Å². The largest absolute Gasteiger partial charge is 0.385 e. The highest BCUT2D eigenvalue weighted by Gasteiger charge is 2.17. The van der Waals surface area contributed by atoms with Crippen molar-refractivity contribution in [3.63, 3.8) is 0 Å². The van der Waals surface area contributed by atoms with Crippen LogP contribution in [0.1, 0.15) is 41.2 Å². The molecule has 110 valence electrons. The lowest BCUT2D eigenvalue weighted by Crippen LogP contribution is -2.28. The van der Waals surface area contributed by atoms with Crippen molar-refractivity contribution in [3.8, 4) is 0 Å². The minimum Gasteiger partial charge on any atom is -0.385 e. The number of methoxy groups -OCH3 is 1. The molecule has 1 aromatic heterocycles. The molecule has 1 aliphatic rings. The number of amides is 1. The van der Waals surface area contributed by atoms with Gasteiger partial charge in [0.15, 0.2) is 0 Å². The van der Waals surface area contributed by atoms with E-state index in [1.54, 1.807) is 13.3 Å². The molecule has 1 amide bonds. The summed E-state index contributed by atoms with van der Waals surface area (Å²) in [6, 6.07) is 3.96. The van der Waals surface area contributed by atoms with Gasteiger partial charge in [-0.1, -0.05) is 0 Å². The van der Waals surface area contributed by atoms with E-state index in [-0.39, 0.29) is 5.91 Å². The zero-order valence-corrected chi connectivity index (χ0v) is 12.0. The standard InChI is InChI=1S/C15H23N3O2/c1-20-10-2-6-18-15(19)14-11-13(5-9-17-14)12-3-7-16-8-4-12/h5,9,11-12,16H,2-4,6-8,10H2,1H3,(H,18,19). The molecule has 2 rings (SSSR count). The summed E-state index contributed by atoms with van der Waals surface area (Å²) < 4.78 is 4.95. The molecule has 2 heterocycles. The summed E-state index contributed by atoms with van der Waals surface area (Å²) in [6.07, 6.45) is 4.80. The summed E-state index contributed by atoms with van der Waals surface area (Å²) >= 11 is 0. The molecule has 20 heavy (non-hydrogen) atoms. The van der Waals surface area contributed by atoms with Crippen LogP contribution >= 0.6 is 0 Å². The molecule has 0 saturated carbocycles. The second-order valence-corrected chi connectivity index (χ2v) is 5.10. The molecule has 0 spiro atoms. The van der Waals surface area contributed by atoms with E-state index >= 15 is 0 Å². The summed E-state index contributed by atoms with van der Waals surface area (Å²) in [5, 5.41) is 6.23. The fraction of sp³-hybridized carbons (Fsp3) is 0.600. The topological polar surface area (TPSA) is 63.2 Å². The van der Waals surface area contributed by atoms with Gasteiger partial charge in [-0.05, 0) is 56.0 Å². The number of pyridine rings is 1. The number of rotatable bonds is 6. The van der Waals surface area contributed by atoms with Crippen molar-refractivity contribution in [2.24, 2.45) is 0 Å². The number of nitrogens with one attached hydrogen (secondary N) is 2. The van der Waals surface area contributed by atoms with Gasteiger partial charge in [0.05, 0.1) is 0 Å². The Balaban J connectivity index is 1.92. The van der Waals surface area contributed by atoms with E-state index in [1.165, 1.54) is 5.56 Å². The minimum absolute atomic E-state index is 0.100. The number of carbonyl (C=O) groups excluding carboxylic acids is 1. The van der Waals surface area contributed by atoms with Gasteiger partial charge in [-0.3, -0.25) is 9.78 Å². The Morgan fingerprint density at radius 1 is 1.50 bits per heavy atom. The van der Waals surface area contributed by atoms with Crippen LogP contribution in [-0.4, -0.2) is 44.2 Å². The van der Waals surface area contributed by atoms with Gasteiger partial charge in [0.1, 0.15) is 5.69 Å². The number of carbonyl (C=O) groups is 1. The highest BCUT2D eigenvalue weighted by molar-refractivity contribution is 5.92. The Hall–Kier alpha value is -1.46. The van der Waals surface area contributed by atoms with Gasteiger partial charge in [0, 0.05) is 26.5 Å². The van der Waals surface area contributed by atoms with Crippen LogP contribution in [0.25, 0.3) is 0 Å². The maximum Gasteiger partial charge on any atom is 0.269 e. The number of hydrogen-bond acceptors (Lipinski definition) is 4. The van der Waals surface area contributed by atoms with E-state index in [0.717, 1.165) is 32.4 Å². The van der Waals surface area contributed by atoms with Crippen molar-refractivity contribution in [1.29, 1.82) is 0 Å². The summed E-state index contributed by atoms with van der Waals surface area (Å²) in [6.45, 7) is 3.37. The van der Waals surface area contributed by atoms with Crippen LogP contribution in [0, 0.1) is 0 Å². The van der Waals surface area contributed by atoms with Crippen molar-refractivity contribution in [1.82, 2.24) is 15.6 Å². The van der Waals surface area contributed by atoms with Crippen LogP contribution in [0.15, 0.2) is 18.3 Å². The second kappa shape index (κ2) is 7.97. The van der Waals surface area contributed by atoms with Gasteiger partial charge in [0.2, 0.25) is 0 Å². The first-order chi connectivity index (χ1) is 9.81. The summed E-state index contributed by atoms with van der Waals surface area (Å²) in [4.78, 5) is 16.2. The first-order valence-corrected chi connectivity index (χ1v) is 7.25. The fourth-order valence-electron chi connectivity index (χ4n) is 2.49. The number of ether oxygens (including phenoxy) is 1. The highest BCUT2D eigenvalue weighted by Crippen LogP contribution is 2.24. The second-order valence-electron chi connectivity index (χ2n) is 5.10. The molecule has 1 fully saturated rings. The van der Waals surface area contributed by atoms with Crippen molar-refractivity contribution < 1.29 is 9.53 Å². The van der Waals surface area contributed by atoms with Crippen LogP contribution < -0.4 is 10.6 Å². The lowest BCUT2D eigenvalue weighted by atomic mass is 9.90. The molecule has 2 N–H and O–H groups in total. The fourth-order valence-corrected chi connectivity index (χ4v) is 2.49. The monoisotopic (exact) mass is 277 g/mol.